The van der Waals surface area contributed by atoms with Gasteiger partial charge in [0.2, 0.25) is 5.95 Å². The molecule has 1 aromatic heterocycles. The van der Waals surface area contributed by atoms with Gasteiger partial charge in [0.05, 0.1) is 0 Å². The Hall–Kier alpha value is -2.16. The fraction of sp³-hybridized carbons (Fsp3) is 0. The standard InChI is InChI=1S/C9H8F2N4O2S/c10-5-1-2-6(7(11)8(5)12)18(16,17)15-9-13-3-4-14-9/h1-4H,12H2,(H2,13,14,15). The molecule has 1 heterocycles. The molecule has 0 saturated carbocycles. The summed E-state index contributed by atoms with van der Waals surface area (Å²) in [7, 11) is -4.22. The van der Waals surface area contributed by atoms with Crippen LogP contribution in [0.5, 0.6) is 0 Å². The number of aromatic nitrogens is 2. The number of sulfonamides is 1. The van der Waals surface area contributed by atoms with Crippen LogP contribution in [0, 0.1) is 11.6 Å². The molecule has 2 aromatic rings. The molecule has 0 unspecified atom stereocenters. The van der Waals surface area contributed by atoms with Crippen molar-refractivity contribution in [3.8, 4) is 0 Å². The molecule has 0 atom stereocenters. The highest BCUT2D eigenvalue weighted by atomic mass is 32.2. The van der Waals surface area contributed by atoms with E-state index in [0.29, 0.717) is 0 Å². The summed E-state index contributed by atoms with van der Waals surface area (Å²) in [5.74, 6) is -2.45. The zero-order valence-corrected chi connectivity index (χ0v) is 9.63. The van der Waals surface area contributed by atoms with Crippen molar-refractivity contribution >= 4 is 21.7 Å². The Morgan fingerprint density at radius 1 is 1.33 bits per heavy atom. The highest BCUT2D eigenvalue weighted by molar-refractivity contribution is 7.92. The van der Waals surface area contributed by atoms with Crippen molar-refractivity contribution in [2.24, 2.45) is 0 Å². The molecule has 0 radical (unpaired) electrons. The lowest BCUT2D eigenvalue weighted by Crippen LogP contribution is -2.16. The fourth-order valence-electron chi connectivity index (χ4n) is 1.26. The Morgan fingerprint density at radius 3 is 2.67 bits per heavy atom. The molecule has 0 spiro atoms. The minimum atomic E-state index is -4.22. The first-order valence-electron chi connectivity index (χ1n) is 4.67. The Bertz CT molecular complexity index is 670. The summed E-state index contributed by atoms with van der Waals surface area (Å²) in [4.78, 5) is 5.35. The molecule has 0 aliphatic rings. The number of aromatic amines is 1. The van der Waals surface area contributed by atoms with Gasteiger partial charge < -0.3 is 10.7 Å². The summed E-state index contributed by atoms with van der Waals surface area (Å²) >= 11 is 0. The van der Waals surface area contributed by atoms with Gasteiger partial charge in [0.1, 0.15) is 16.4 Å². The number of nitrogens with two attached hydrogens (primary N) is 1. The van der Waals surface area contributed by atoms with Crippen molar-refractivity contribution in [2.45, 2.75) is 4.90 Å². The molecule has 4 N–H and O–H groups in total. The number of hydrogen-bond acceptors (Lipinski definition) is 4. The molecule has 0 bridgehead atoms. The average Bonchev–Trinajstić information content (AvgIpc) is 2.77. The molecule has 0 aliphatic heterocycles. The Balaban J connectivity index is 2.45. The zero-order valence-electron chi connectivity index (χ0n) is 8.81. The molecule has 96 valence electrons. The van der Waals surface area contributed by atoms with Crippen molar-refractivity contribution in [3.05, 3.63) is 36.2 Å². The predicted molar refractivity (Wildman–Crippen MR) is 60.2 cm³/mol. The van der Waals surface area contributed by atoms with Crippen molar-refractivity contribution in [2.75, 3.05) is 10.5 Å². The van der Waals surface area contributed by atoms with Crippen LogP contribution in [0.25, 0.3) is 0 Å². The maximum atomic E-state index is 13.6. The lowest BCUT2D eigenvalue weighted by Gasteiger charge is -2.08. The van der Waals surface area contributed by atoms with Crippen LogP contribution in [-0.2, 0) is 10.0 Å². The van der Waals surface area contributed by atoms with Crippen LogP contribution >= 0.6 is 0 Å². The van der Waals surface area contributed by atoms with Crippen LogP contribution in [0.1, 0.15) is 0 Å². The first-order valence-corrected chi connectivity index (χ1v) is 6.16. The highest BCUT2D eigenvalue weighted by Gasteiger charge is 2.23. The van der Waals surface area contributed by atoms with Gasteiger partial charge in [-0.15, -0.1) is 0 Å². The SMILES string of the molecule is Nc1c(F)ccc(S(=O)(=O)Nc2ncc[nH]2)c1F. The summed E-state index contributed by atoms with van der Waals surface area (Å²) in [6.45, 7) is 0. The van der Waals surface area contributed by atoms with Gasteiger partial charge in [-0.1, -0.05) is 0 Å². The third kappa shape index (κ3) is 2.12. The molecule has 0 amide bonds. The lowest BCUT2D eigenvalue weighted by atomic mass is 10.3. The Morgan fingerprint density at radius 2 is 2.06 bits per heavy atom. The number of nitrogens with zero attached hydrogens (tertiary/aromatic N) is 1. The predicted octanol–water partition coefficient (Wildman–Crippen LogP) is 1.07. The van der Waals surface area contributed by atoms with Gasteiger partial charge in [-0.25, -0.2) is 26.9 Å². The van der Waals surface area contributed by atoms with E-state index in [-0.39, 0.29) is 5.95 Å². The van der Waals surface area contributed by atoms with E-state index in [1.54, 1.807) is 0 Å². The molecule has 6 nitrogen and oxygen atoms in total. The number of halogens is 2. The number of imidazole rings is 1. The normalized spacial score (nSPS) is 11.4. The topological polar surface area (TPSA) is 101 Å². The largest absolute Gasteiger partial charge is 0.394 e. The molecule has 9 heteroatoms. The Kier molecular flexibility index (Phi) is 2.91. The third-order valence-corrected chi connectivity index (χ3v) is 3.47. The molecular formula is C9H8F2N4O2S. The zero-order chi connectivity index (χ0) is 13.3. The number of H-pyrrole nitrogens is 1. The van der Waals surface area contributed by atoms with E-state index in [0.717, 1.165) is 12.1 Å². The molecule has 0 aliphatic carbocycles. The number of hydrogen-bond donors (Lipinski definition) is 3. The van der Waals surface area contributed by atoms with E-state index < -0.39 is 32.2 Å². The summed E-state index contributed by atoms with van der Waals surface area (Å²) in [6, 6.07) is 1.56. The van der Waals surface area contributed by atoms with E-state index in [4.69, 9.17) is 5.73 Å². The van der Waals surface area contributed by atoms with Crippen LogP contribution in [0.2, 0.25) is 0 Å². The number of nitrogen functional groups attached to an aromatic ring is 1. The minimum absolute atomic E-state index is 0.0858. The Labute approximate surface area is 101 Å². The number of anilines is 2. The van der Waals surface area contributed by atoms with Crippen LogP contribution in [0.3, 0.4) is 0 Å². The van der Waals surface area contributed by atoms with Crippen LogP contribution in [0.15, 0.2) is 29.4 Å². The highest BCUT2D eigenvalue weighted by Crippen LogP contribution is 2.23. The first-order chi connectivity index (χ1) is 8.42. The molecule has 0 fully saturated rings. The fourth-order valence-corrected chi connectivity index (χ4v) is 2.33. The molecular weight excluding hydrogens is 266 g/mol. The van der Waals surface area contributed by atoms with Crippen molar-refractivity contribution in [1.29, 1.82) is 0 Å². The van der Waals surface area contributed by atoms with Gasteiger partial charge in [0, 0.05) is 12.4 Å². The quantitative estimate of drug-likeness (QED) is 0.729. The van der Waals surface area contributed by atoms with Gasteiger partial charge >= 0.3 is 0 Å². The van der Waals surface area contributed by atoms with Gasteiger partial charge in [0.15, 0.2) is 5.82 Å². The lowest BCUT2D eigenvalue weighted by molar-refractivity contribution is 0.557. The van der Waals surface area contributed by atoms with E-state index in [2.05, 4.69) is 9.97 Å². The molecule has 0 saturated heterocycles. The van der Waals surface area contributed by atoms with E-state index in [1.807, 2.05) is 4.72 Å². The summed E-state index contributed by atoms with van der Waals surface area (Å²) in [5.41, 5.74) is 4.24. The van der Waals surface area contributed by atoms with Crippen LogP contribution in [0.4, 0.5) is 20.4 Å². The number of benzene rings is 1. The maximum absolute atomic E-state index is 13.6. The molecule has 1 aromatic carbocycles. The number of nitrogens with one attached hydrogen (secondary N) is 2. The van der Waals surface area contributed by atoms with Crippen molar-refractivity contribution < 1.29 is 17.2 Å². The smallest absolute Gasteiger partial charge is 0.267 e. The summed E-state index contributed by atoms with van der Waals surface area (Å²) < 4.78 is 52.1. The second-order valence-electron chi connectivity index (χ2n) is 3.32. The van der Waals surface area contributed by atoms with Crippen molar-refractivity contribution in [1.82, 2.24) is 9.97 Å². The monoisotopic (exact) mass is 274 g/mol. The van der Waals surface area contributed by atoms with E-state index >= 15 is 0 Å². The first kappa shape index (κ1) is 12.3. The van der Waals surface area contributed by atoms with Crippen LogP contribution < -0.4 is 10.5 Å². The second-order valence-corrected chi connectivity index (χ2v) is 4.97. The van der Waals surface area contributed by atoms with Gasteiger partial charge in [-0.2, -0.15) is 0 Å². The molecule has 18 heavy (non-hydrogen) atoms. The van der Waals surface area contributed by atoms with Crippen molar-refractivity contribution in [3.63, 3.8) is 0 Å². The van der Waals surface area contributed by atoms with Gasteiger partial charge in [-0.3, -0.25) is 0 Å². The van der Waals surface area contributed by atoms with Gasteiger partial charge in [0.25, 0.3) is 10.0 Å². The minimum Gasteiger partial charge on any atom is -0.394 e. The van der Waals surface area contributed by atoms with Gasteiger partial charge in [-0.05, 0) is 12.1 Å². The maximum Gasteiger partial charge on any atom is 0.267 e. The summed E-state index contributed by atoms with van der Waals surface area (Å²) in [5, 5.41) is 0. The van der Waals surface area contributed by atoms with E-state index in [1.165, 1.54) is 12.4 Å². The molecule has 2 rings (SSSR count). The summed E-state index contributed by atoms with van der Waals surface area (Å²) in [6.07, 6.45) is 2.69. The third-order valence-electron chi connectivity index (χ3n) is 2.11. The number of rotatable bonds is 3. The second kappa shape index (κ2) is 4.26. The average molecular weight is 274 g/mol. The van der Waals surface area contributed by atoms with E-state index in [9.17, 15) is 17.2 Å². The van der Waals surface area contributed by atoms with Crippen LogP contribution in [-0.4, -0.2) is 18.4 Å².